The van der Waals surface area contributed by atoms with E-state index in [1.54, 1.807) is 6.92 Å². The third-order valence-corrected chi connectivity index (χ3v) is 5.89. The number of amides is 1. The van der Waals surface area contributed by atoms with Crippen LogP contribution in [0, 0.1) is 6.92 Å². The maximum absolute atomic E-state index is 13.3. The number of methoxy groups -OCH3 is 1. The predicted molar refractivity (Wildman–Crippen MR) is 101 cm³/mol. The number of anilines is 1. The zero-order valence-electron chi connectivity index (χ0n) is 15.7. The second kappa shape index (κ2) is 7.47. The number of aryl methyl sites for hydroxylation is 2. The first-order valence-corrected chi connectivity index (χ1v) is 9.77. The van der Waals surface area contributed by atoms with Crippen LogP contribution >= 0.6 is 11.3 Å². The fourth-order valence-corrected chi connectivity index (χ4v) is 4.67. The number of carbonyl (C=O) groups is 2. The monoisotopic (exact) mass is 421 g/mol. The van der Waals surface area contributed by atoms with Crippen molar-refractivity contribution in [1.82, 2.24) is 19.6 Å². The molecule has 0 fully saturated rings. The molecule has 1 amide bonds. The van der Waals surface area contributed by atoms with Gasteiger partial charge in [-0.25, -0.2) is 18.6 Å². The van der Waals surface area contributed by atoms with E-state index in [0.717, 1.165) is 40.6 Å². The van der Waals surface area contributed by atoms with Gasteiger partial charge in [0.15, 0.2) is 0 Å². The van der Waals surface area contributed by atoms with Crippen LogP contribution in [0.25, 0.3) is 5.78 Å². The van der Waals surface area contributed by atoms with Gasteiger partial charge in [-0.1, -0.05) is 0 Å². The maximum Gasteiger partial charge on any atom is 0.341 e. The van der Waals surface area contributed by atoms with Gasteiger partial charge in [0.05, 0.1) is 12.7 Å². The van der Waals surface area contributed by atoms with E-state index in [9.17, 15) is 18.4 Å². The van der Waals surface area contributed by atoms with Crippen LogP contribution in [0.3, 0.4) is 0 Å². The molecule has 3 heterocycles. The number of aromatic nitrogens is 4. The Morgan fingerprint density at radius 3 is 2.76 bits per heavy atom. The Hall–Kier alpha value is -2.95. The van der Waals surface area contributed by atoms with Crippen LogP contribution in [0.15, 0.2) is 6.07 Å². The second-order valence-corrected chi connectivity index (χ2v) is 7.74. The molecule has 4 rings (SSSR count). The van der Waals surface area contributed by atoms with Crippen LogP contribution in [0.5, 0.6) is 0 Å². The summed E-state index contributed by atoms with van der Waals surface area (Å²) in [6, 6.07) is 1.19. The van der Waals surface area contributed by atoms with E-state index in [1.165, 1.54) is 24.5 Å². The largest absolute Gasteiger partial charge is 0.465 e. The number of rotatable bonds is 4. The summed E-state index contributed by atoms with van der Waals surface area (Å²) in [5, 5.41) is 6.89. The Morgan fingerprint density at radius 2 is 2.03 bits per heavy atom. The smallest absolute Gasteiger partial charge is 0.341 e. The number of ether oxygens (including phenoxy) is 1. The highest BCUT2D eigenvalue weighted by molar-refractivity contribution is 7.17. The van der Waals surface area contributed by atoms with Gasteiger partial charge < -0.3 is 10.1 Å². The molecule has 8 nitrogen and oxygen atoms in total. The third kappa shape index (κ3) is 3.46. The number of hydrogen-bond donors (Lipinski definition) is 1. The van der Waals surface area contributed by atoms with Gasteiger partial charge in [-0.3, -0.25) is 4.79 Å². The Bertz CT molecular complexity index is 1120. The summed E-state index contributed by atoms with van der Waals surface area (Å²) in [6.07, 6.45) is 0.729. The highest BCUT2D eigenvalue weighted by Crippen LogP contribution is 2.38. The summed E-state index contributed by atoms with van der Waals surface area (Å²) < 4.78 is 32.3. The third-order valence-electron chi connectivity index (χ3n) is 4.68. The van der Waals surface area contributed by atoms with E-state index in [2.05, 4.69) is 20.4 Å². The Morgan fingerprint density at radius 1 is 1.28 bits per heavy atom. The number of hydrogen-bond acceptors (Lipinski definition) is 7. The lowest BCUT2D eigenvalue weighted by molar-refractivity contribution is 0.0601. The molecule has 0 aliphatic heterocycles. The minimum absolute atomic E-state index is 0.0934. The van der Waals surface area contributed by atoms with E-state index >= 15 is 0 Å². The number of carbonyl (C=O) groups excluding carboxylic acids is 2. The van der Waals surface area contributed by atoms with Crippen molar-refractivity contribution in [3.63, 3.8) is 0 Å². The standard InChI is InChI=1S/C18H17F2N5O3S/c1-8-7-10(13(19)20)25-18(21-8)22-14(24-25)15(26)23-16-12(17(27)28-2)9-5-3-4-6-11(9)29-16/h7,13H,3-6H2,1-2H3,(H,23,26). The Balaban J connectivity index is 1.71. The molecule has 0 bridgehead atoms. The molecule has 0 aromatic carbocycles. The van der Waals surface area contributed by atoms with Crippen molar-refractivity contribution in [1.29, 1.82) is 0 Å². The van der Waals surface area contributed by atoms with Crippen molar-refractivity contribution in [2.75, 3.05) is 12.4 Å². The minimum atomic E-state index is -2.80. The van der Waals surface area contributed by atoms with E-state index in [0.29, 0.717) is 16.3 Å². The molecule has 1 aliphatic carbocycles. The van der Waals surface area contributed by atoms with Crippen LogP contribution in [0.1, 0.15) is 62.1 Å². The van der Waals surface area contributed by atoms with Crippen LogP contribution in [0.2, 0.25) is 0 Å². The van der Waals surface area contributed by atoms with Crippen molar-refractivity contribution in [3.05, 3.63) is 39.3 Å². The molecule has 0 saturated heterocycles. The molecule has 152 valence electrons. The fraction of sp³-hybridized carbons (Fsp3) is 0.389. The lowest BCUT2D eigenvalue weighted by Gasteiger charge is -2.11. The number of nitrogens with one attached hydrogen (secondary N) is 1. The quantitative estimate of drug-likeness (QED) is 0.649. The number of nitrogens with zero attached hydrogens (tertiary/aromatic N) is 4. The Labute approximate surface area is 167 Å². The molecule has 0 unspecified atom stereocenters. The first kappa shape index (κ1) is 19.4. The summed E-state index contributed by atoms with van der Waals surface area (Å²) in [6.45, 7) is 1.55. The zero-order valence-corrected chi connectivity index (χ0v) is 16.5. The SMILES string of the molecule is COC(=O)c1c(NC(=O)c2nc3nc(C)cc(C(F)F)n3n2)sc2c1CCCC2. The Kier molecular flexibility index (Phi) is 4.99. The van der Waals surface area contributed by atoms with E-state index in [4.69, 9.17) is 4.74 Å². The molecule has 3 aromatic rings. The molecule has 0 radical (unpaired) electrons. The van der Waals surface area contributed by atoms with Crippen LogP contribution in [-0.2, 0) is 17.6 Å². The second-order valence-electron chi connectivity index (χ2n) is 6.63. The molecular formula is C18H17F2N5O3S. The summed E-state index contributed by atoms with van der Waals surface area (Å²) in [4.78, 5) is 34.1. The first-order valence-electron chi connectivity index (χ1n) is 8.95. The van der Waals surface area contributed by atoms with Gasteiger partial charge in [-0.05, 0) is 44.2 Å². The number of thiophene rings is 1. The highest BCUT2D eigenvalue weighted by atomic mass is 32.1. The summed E-state index contributed by atoms with van der Waals surface area (Å²) in [5.74, 6) is -1.65. The molecule has 1 N–H and O–H groups in total. The average Bonchev–Trinajstić information content (AvgIpc) is 3.27. The lowest BCUT2D eigenvalue weighted by Crippen LogP contribution is -2.16. The summed E-state index contributed by atoms with van der Waals surface area (Å²) >= 11 is 1.32. The predicted octanol–water partition coefficient (Wildman–Crippen LogP) is 3.35. The molecule has 3 aromatic heterocycles. The number of halogens is 2. The van der Waals surface area contributed by atoms with Crippen LogP contribution < -0.4 is 5.32 Å². The number of fused-ring (bicyclic) bond motifs is 2. The summed E-state index contributed by atoms with van der Waals surface area (Å²) in [7, 11) is 1.28. The fourth-order valence-electron chi connectivity index (χ4n) is 3.40. The number of esters is 1. The van der Waals surface area contributed by atoms with Gasteiger partial charge >= 0.3 is 5.97 Å². The van der Waals surface area contributed by atoms with Crippen molar-refractivity contribution in [2.24, 2.45) is 0 Å². The summed E-state index contributed by atoms with van der Waals surface area (Å²) in [5.41, 5.74) is 1.17. The molecule has 0 atom stereocenters. The van der Waals surface area contributed by atoms with Crippen molar-refractivity contribution >= 4 is 34.0 Å². The van der Waals surface area contributed by atoms with Crippen molar-refractivity contribution in [3.8, 4) is 0 Å². The average molecular weight is 421 g/mol. The molecule has 0 saturated carbocycles. The maximum atomic E-state index is 13.3. The minimum Gasteiger partial charge on any atom is -0.465 e. The topological polar surface area (TPSA) is 98.5 Å². The van der Waals surface area contributed by atoms with Gasteiger partial charge in [-0.15, -0.1) is 16.4 Å². The van der Waals surface area contributed by atoms with Gasteiger partial charge in [-0.2, -0.15) is 9.50 Å². The van der Waals surface area contributed by atoms with E-state index < -0.39 is 24.0 Å². The van der Waals surface area contributed by atoms with E-state index in [-0.39, 0.29) is 11.6 Å². The normalized spacial score (nSPS) is 13.6. The first-order chi connectivity index (χ1) is 13.9. The number of alkyl halides is 2. The molecule has 29 heavy (non-hydrogen) atoms. The molecule has 1 aliphatic rings. The highest BCUT2D eigenvalue weighted by Gasteiger charge is 2.28. The van der Waals surface area contributed by atoms with Gasteiger partial charge in [0.1, 0.15) is 10.7 Å². The molecular weight excluding hydrogens is 404 g/mol. The molecule has 11 heteroatoms. The van der Waals surface area contributed by atoms with Crippen molar-refractivity contribution < 1.29 is 23.1 Å². The lowest BCUT2D eigenvalue weighted by atomic mass is 9.95. The van der Waals surface area contributed by atoms with Gasteiger partial charge in [0.2, 0.25) is 5.82 Å². The van der Waals surface area contributed by atoms with Crippen LogP contribution in [-0.4, -0.2) is 38.6 Å². The van der Waals surface area contributed by atoms with Gasteiger partial charge in [0, 0.05) is 10.6 Å². The zero-order chi connectivity index (χ0) is 20.7. The van der Waals surface area contributed by atoms with Crippen molar-refractivity contribution in [2.45, 2.75) is 39.0 Å². The van der Waals surface area contributed by atoms with Crippen LogP contribution in [0.4, 0.5) is 13.8 Å². The van der Waals surface area contributed by atoms with E-state index in [1.807, 2.05) is 0 Å². The van der Waals surface area contributed by atoms with Gasteiger partial charge in [0.25, 0.3) is 18.1 Å². The molecule has 0 spiro atoms.